The minimum absolute atomic E-state index is 0. The summed E-state index contributed by atoms with van der Waals surface area (Å²) in [4.78, 5) is 28.7. The van der Waals surface area contributed by atoms with Crippen molar-refractivity contribution < 1.29 is 31.3 Å². The van der Waals surface area contributed by atoms with E-state index in [-0.39, 0.29) is 34.5 Å². The van der Waals surface area contributed by atoms with Crippen LogP contribution in [0.2, 0.25) is 0 Å². The van der Waals surface area contributed by atoms with E-state index in [0.717, 1.165) is 12.0 Å². The number of hydrogen-bond donors (Lipinski definition) is 0. The first-order chi connectivity index (χ1) is 18.8. The first-order valence-electron chi connectivity index (χ1n) is 13.5. The molecule has 0 aromatic heterocycles. The molecule has 0 aliphatic carbocycles. The molecule has 1 saturated heterocycles. The van der Waals surface area contributed by atoms with Crippen LogP contribution in [0.25, 0.3) is 0 Å². The summed E-state index contributed by atoms with van der Waals surface area (Å²) < 4.78 is 5.49. The highest BCUT2D eigenvalue weighted by molar-refractivity contribution is 7.96. The number of halogens is 1. The van der Waals surface area contributed by atoms with E-state index in [2.05, 4.69) is 72.8 Å². The number of esters is 1. The van der Waals surface area contributed by atoms with Crippen LogP contribution in [0, 0.1) is 0 Å². The van der Waals surface area contributed by atoms with E-state index < -0.39 is 12.9 Å². The van der Waals surface area contributed by atoms with E-state index >= 15 is 0 Å². The van der Waals surface area contributed by atoms with Crippen molar-refractivity contribution in [1.29, 1.82) is 0 Å². The molecule has 5 rings (SSSR count). The highest BCUT2D eigenvalue weighted by Crippen LogP contribution is 2.62. The minimum atomic E-state index is -2.29. The van der Waals surface area contributed by atoms with Gasteiger partial charge in [0.15, 0.2) is 5.66 Å². The number of ether oxygens (including phenoxy) is 1. The van der Waals surface area contributed by atoms with Gasteiger partial charge in [-0.05, 0) is 74.9 Å². The lowest BCUT2D eigenvalue weighted by atomic mass is 10.1. The SMILES string of the molecule is CC(C)(C)OC(=O)c1ccc(CN2CCC([P+](c3ccccc3)(c3ccccc3)c3ccccc3)C2=O)cc1.[Br-]. The molecule has 0 bridgehead atoms. The Balaban J connectivity index is 0.00000370. The van der Waals surface area contributed by atoms with Crippen molar-refractivity contribution in [3.63, 3.8) is 0 Å². The lowest BCUT2D eigenvalue weighted by Crippen LogP contribution is -3.00. The molecular formula is C34H35BrNO3P. The summed E-state index contributed by atoms with van der Waals surface area (Å²) in [5, 5.41) is 3.68. The number of rotatable bonds is 7. The number of benzene rings is 4. The molecule has 4 nitrogen and oxygen atoms in total. The second-order valence-corrected chi connectivity index (χ2v) is 14.6. The molecule has 1 aliphatic rings. The molecule has 4 aromatic rings. The van der Waals surface area contributed by atoms with Crippen molar-refractivity contribution >= 4 is 35.1 Å². The average Bonchev–Trinajstić information content (AvgIpc) is 3.30. The van der Waals surface area contributed by atoms with Crippen LogP contribution in [0.15, 0.2) is 115 Å². The number of amides is 1. The van der Waals surface area contributed by atoms with Crippen molar-refractivity contribution in [2.24, 2.45) is 0 Å². The van der Waals surface area contributed by atoms with Gasteiger partial charge in [0.05, 0.1) is 5.56 Å². The van der Waals surface area contributed by atoms with Gasteiger partial charge in [-0.3, -0.25) is 4.79 Å². The lowest BCUT2D eigenvalue weighted by molar-refractivity contribution is -0.127. The number of carbonyl (C=O) groups is 2. The summed E-state index contributed by atoms with van der Waals surface area (Å²) in [5.41, 5.74) is 0.824. The molecule has 1 aliphatic heterocycles. The molecule has 0 saturated carbocycles. The molecule has 0 radical (unpaired) electrons. The lowest BCUT2D eigenvalue weighted by Gasteiger charge is -2.32. The molecule has 1 unspecified atom stereocenters. The van der Waals surface area contributed by atoms with Crippen molar-refractivity contribution in [3.05, 3.63) is 126 Å². The van der Waals surface area contributed by atoms with Gasteiger partial charge in [-0.15, -0.1) is 0 Å². The topological polar surface area (TPSA) is 46.6 Å². The second-order valence-electron chi connectivity index (χ2n) is 11.0. The Morgan fingerprint density at radius 1 is 0.775 bits per heavy atom. The molecule has 206 valence electrons. The van der Waals surface area contributed by atoms with E-state index in [1.54, 1.807) is 12.1 Å². The molecule has 1 amide bonds. The summed E-state index contributed by atoms with van der Waals surface area (Å²) in [6.45, 7) is 6.79. The second kappa shape index (κ2) is 12.5. The average molecular weight is 617 g/mol. The normalized spacial score (nSPS) is 15.4. The van der Waals surface area contributed by atoms with Gasteiger partial charge in [0, 0.05) is 19.5 Å². The summed E-state index contributed by atoms with van der Waals surface area (Å²) in [6.07, 6.45) is 0.793. The summed E-state index contributed by atoms with van der Waals surface area (Å²) >= 11 is 0. The van der Waals surface area contributed by atoms with Gasteiger partial charge >= 0.3 is 5.97 Å². The number of likely N-dealkylation sites (tertiary alicyclic amines) is 1. The van der Waals surface area contributed by atoms with Crippen LogP contribution >= 0.6 is 7.26 Å². The van der Waals surface area contributed by atoms with Crippen molar-refractivity contribution in [3.8, 4) is 0 Å². The third-order valence-electron chi connectivity index (χ3n) is 7.19. The third-order valence-corrected chi connectivity index (χ3v) is 11.9. The van der Waals surface area contributed by atoms with Crippen LogP contribution in [0.4, 0.5) is 0 Å². The zero-order valence-corrected chi connectivity index (χ0v) is 25.6. The number of carbonyl (C=O) groups excluding carboxylic acids is 2. The fourth-order valence-electron chi connectivity index (χ4n) is 5.52. The fraction of sp³-hybridized carbons (Fsp3) is 0.235. The van der Waals surface area contributed by atoms with Crippen molar-refractivity contribution in [2.75, 3.05) is 6.54 Å². The molecule has 1 heterocycles. The summed E-state index contributed by atoms with van der Waals surface area (Å²) in [7, 11) is -2.29. The van der Waals surface area contributed by atoms with Crippen LogP contribution in [-0.4, -0.2) is 34.6 Å². The van der Waals surface area contributed by atoms with Gasteiger partial charge in [0.25, 0.3) is 5.91 Å². The maximum atomic E-state index is 14.3. The summed E-state index contributed by atoms with van der Waals surface area (Å²) in [5.74, 6) is -0.148. The van der Waals surface area contributed by atoms with Gasteiger partial charge in [-0.2, -0.15) is 0 Å². The first-order valence-corrected chi connectivity index (χ1v) is 15.3. The number of hydrogen-bond acceptors (Lipinski definition) is 3. The molecule has 6 heteroatoms. The minimum Gasteiger partial charge on any atom is -1.00 e. The van der Waals surface area contributed by atoms with Crippen LogP contribution < -0.4 is 32.9 Å². The largest absolute Gasteiger partial charge is 1.00 e. The predicted octanol–water partition coefficient (Wildman–Crippen LogP) is 2.74. The molecule has 0 spiro atoms. The Morgan fingerprint density at radius 3 is 1.65 bits per heavy atom. The molecule has 40 heavy (non-hydrogen) atoms. The maximum Gasteiger partial charge on any atom is 0.338 e. The maximum absolute atomic E-state index is 14.3. The predicted molar refractivity (Wildman–Crippen MR) is 161 cm³/mol. The van der Waals surface area contributed by atoms with E-state index in [0.29, 0.717) is 18.7 Å². The quantitative estimate of drug-likeness (QED) is 0.237. The standard InChI is InChI=1S/C34H35NO3P.BrH/c1-34(2,3)38-33(37)27-21-19-26(20-22-27)25-35-24-23-31(32(35)36)39(28-13-7-4-8-14-28,29-15-9-5-10-16-29)30-17-11-6-12-18-30;/h4-22,31H,23-25H2,1-3H3;1H/q+1;/p-1. The van der Waals surface area contributed by atoms with Crippen LogP contribution in [0.1, 0.15) is 43.1 Å². The monoisotopic (exact) mass is 615 g/mol. The molecule has 0 N–H and O–H groups in total. The Hall–Kier alpha value is -3.27. The van der Waals surface area contributed by atoms with Gasteiger partial charge in [0.1, 0.15) is 28.8 Å². The highest BCUT2D eigenvalue weighted by Gasteiger charge is 2.58. The van der Waals surface area contributed by atoms with Crippen molar-refractivity contribution in [2.45, 2.75) is 45.0 Å². The molecule has 1 fully saturated rings. The number of nitrogens with zero attached hydrogens (tertiary/aromatic N) is 1. The van der Waals surface area contributed by atoms with Crippen molar-refractivity contribution in [1.82, 2.24) is 4.90 Å². The van der Waals surface area contributed by atoms with Crippen LogP contribution in [-0.2, 0) is 16.1 Å². The van der Waals surface area contributed by atoms with E-state index in [1.807, 2.05) is 56.0 Å². The first kappa shape index (κ1) is 29.7. The molecule has 1 atom stereocenters. The summed E-state index contributed by atoms with van der Waals surface area (Å²) in [6, 6.07) is 39.2. The van der Waals surface area contributed by atoms with Gasteiger partial charge < -0.3 is 26.6 Å². The zero-order chi connectivity index (χ0) is 27.5. The molecule has 4 aromatic carbocycles. The Labute approximate surface area is 248 Å². The van der Waals surface area contributed by atoms with Gasteiger partial charge in [-0.25, -0.2) is 4.79 Å². The smallest absolute Gasteiger partial charge is 0.338 e. The van der Waals surface area contributed by atoms with Crippen LogP contribution in [0.3, 0.4) is 0 Å². The fourth-order valence-corrected chi connectivity index (χ4v) is 10.4. The van der Waals surface area contributed by atoms with E-state index in [1.165, 1.54) is 15.9 Å². The van der Waals surface area contributed by atoms with Gasteiger partial charge in [0.2, 0.25) is 0 Å². The Morgan fingerprint density at radius 2 is 1.23 bits per heavy atom. The van der Waals surface area contributed by atoms with Gasteiger partial charge in [-0.1, -0.05) is 66.7 Å². The highest BCUT2D eigenvalue weighted by atomic mass is 79.9. The Bertz CT molecular complexity index is 1320. The third kappa shape index (κ3) is 6.06. The molecular weight excluding hydrogens is 581 g/mol. The van der Waals surface area contributed by atoms with E-state index in [9.17, 15) is 9.59 Å². The Kier molecular flexibility index (Phi) is 9.28. The zero-order valence-electron chi connectivity index (χ0n) is 23.2. The van der Waals surface area contributed by atoms with E-state index in [4.69, 9.17) is 4.74 Å². The van der Waals surface area contributed by atoms with Crippen LogP contribution in [0.5, 0.6) is 0 Å².